The smallest absolute Gasteiger partial charge is 0.245 e. The molecule has 0 fully saturated rings. The molecule has 3 amide bonds. The van der Waals surface area contributed by atoms with E-state index >= 15 is 0 Å². The van der Waals surface area contributed by atoms with E-state index in [2.05, 4.69) is 25.9 Å². The van der Waals surface area contributed by atoms with Gasteiger partial charge in [0.2, 0.25) is 23.6 Å². The van der Waals surface area contributed by atoms with E-state index in [0.717, 1.165) is 43.1 Å². The van der Waals surface area contributed by atoms with Crippen molar-refractivity contribution < 1.29 is 19.1 Å². The fourth-order valence-electron chi connectivity index (χ4n) is 7.04. The molecule has 15 heteroatoms. The van der Waals surface area contributed by atoms with E-state index in [1.807, 2.05) is 60.8 Å². The Morgan fingerprint density at radius 1 is 0.860 bits per heavy atom. The molecule has 1 aromatic carbocycles. The van der Waals surface area contributed by atoms with Crippen molar-refractivity contribution in [2.24, 2.45) is 11.5 Å². The maximum atomic E-state index is 14.5. The van der Waals surface area contributed by atoms with E-state index in [1.54, 1.807) is 32.7 Å². The van der Waals surface area contributed by atoms with Crippen molar-refractivity contribution in [2.75, 3.05) is 27.2 Å². The lowest BCUT2D eigenvalue weighted by molar-refractivity contribution is -0.142. The molecule has 0 radical (unpaired) electrons. The minimum atomic E-state index is -0.869. The number of aromatic nitrogens is 4. The Kier molecular flexibility index (Phi) is 14.6. The molecule has 1 aliphatic heterocycles. The highest BCUT2D eigenvalue weighted by molar-refractivity contribution is 7.99. The van der Waals surface area contributed by atoms with Crippen LogP contribution < -0.4 is 32.2 Å². The van der Waals surface area contributed by atoms with Gasteiger partial charge in [-0.3, -0.25) is 19.4 Å². The quantitative estimate of drug-likeness (QED) is 0.0994. The van der Waals surface area contributed by atoms with E-state index in [1.165, 1.54) is 16.7 Å². The maximum Gasteiger partial charge on any atom is 0.245 e. The Balaban J connectivity index is 1.40. The van der Waals surface area contributed by atoms with Gasteiger partial charge in [0.25, 0.3) is 0 Å². The number of amides is 3. The van der Waals surface area contributed by atoms with Crippen molar-refractivity contribution in [1.82, 2.24) is 40.8 Å². The molecule has 0 spiro atoms. The SMILES string of the molecule is COc1cc(-c2cc3c(cn2)Sc2ncccc2CN[C@@H](CCCN)C(=O)N[C@@H](CCCCN)C(=O)N(C)[C@@H](CCc2c[nH]c4ccccc24)C(=O)NC3)ccn1. The number of H-pyrrole nitrogens is 1. The van der Waals surface area contributed by atoms with Gasteiger partial charge < -0.3 is 42.0 Å². The van der Waals surface area contributed by atoms with Gasteiger partial charge in [-0.15, -0.1) is 0 Å². The molecule has 0 saturated carbocycles. The fraction of sp³-hybridized carbons (Fsp3) is 0.381. The first-order valence-corrected chi connectivity index (χ1v) is 20.3. The van der Waals surface area contributed by atoms with Gasteiger partial charge in [0.05, 0.1) is 18.8 Å². The summed E-state index contributed by atoms with van der Waals surface area (Å²) in [6, 6.07) is 15.1. The molecular weight excluding hydrogens is 741 g/mol. The molecule has 5 heterocycles. The summed E-state index contributed by atoms with van der Waals surface area (Å²) >= 11 is 1.44. The van der Waals surface area contributed by atoms with Crippen LogP contribution in [0.5, 0.6) is 5.88 Å². The predicted octanol–water partition coefficient (Wildman–Crippen LogP) is 4.08. The number of carbonyl (C=O) groups excluding carboxylic acids is 3. The Bertz CT molecular complexity index is 2140. The summed E-state index contributed by atoms with van der Waals surface area (Å²) in [5.74, 6) is -0.511. The Hall–Kier alpha value is -5.35. The van der Waals surface area contributed by atoms with Crippen LogP contribution in [0.15, 0.2) is 89.3 Å². The summed E-state index contributed by atoms with van der Waals surface area (Å²) in [4.78, 5) is 62.4. The third-order valence-electron chi connectivity index (χ3n) is 10.3. The number of unbranched alkanes of at least 4 members (excludes halogenated alkanes) is 1. The van der Waals surface area contributed by atoms with Crippen molar-refractivity contribution in [3.8, 4) is 17.1 Å². The normalized spacial score (nSPS) is 18.4. The first-order valence-electron chi connectivity index (χ1n) is 19.4. The van der Waals surface area contributed by atoms with Gasteiger partial charge in [0.1, 0.15) is 17.1 Å². The van der Waals surface area contributed by atoms with Gasteiger partial charge in [-0.25, -0.2) is 9.97 Å². The van der Waals surface area contributed by atoms with Gasteiger partial charge in [-0.1, -0.05) is 36.0 Å². The molecule has 6 rings (SSSR count). The molecule has 5 aromatic rings. The van der Waals surface area contributed by atoms with E-state index in [4.69, 9.17) is 26.2 Å². The Labute approximate surface area is 337 Å². The second-order valence-electron chi connectivity index (χ2n) is 14.1. The molecule has 57 heavy (non-hydrogen) atoms. The molecule has 3 atom stereocenters. The molecule has 0 saturated heterocycles. The topological polar surface area (TPSA) is 206 Å². The second kappa shape index (κ2) is 20.2. The number of methoxy groups -OCH3 is 1. The number of para-hydroxylation sites is 1. The second-order valence-corrected chi connectivity index (χ2v) is 15.2. The fourth-order valence-corrected chi connectivity index (χ4v) is 8.00. The summed E-state index contributed by atoms with van der Waals surface area (Å²) in [6.45, 7) is 1.36. The van der Waals surface area contributed by atoms with Crippen LogP contribution in [0.1, 0.15) is 55.2 Å². The largest absolute Gasteiger partial charge is 0.481 e. The number of benzene rings is 1. The molecule has 0 unspecified atom stereocenters. The number of pyridine rings is 3. The lowest BCUT2D eigenvalue weighted by atomic mass is 10.0. The highest BCUT2D eigenvalue weighted by atomic mass is 32.2. The van der Waals surface area contributed by atoms with Gasteiger partial charge in [0.15, 0.2) is 0 Å². The zero-order valence-electron chi connectivity index (χ0n) is 32.5. The number of likely N-dealkylation sites (N-methyl/N-ethyl adjacent to an activating group) is 1. The molecule has 0 aliphatic carbocycles. The highest BCUT2D eigenvalue weighted by Gasteiger charge is 2.33. The van der Waals surface area contributed by atoms with Crippen molar-refractivity contribution in [2.45, 2.75) is 86.1 Å². The summed E-state index contributed by atoms with van der Waals surface area (Å²) in [7, 11) is 3.21. The van der Waals surface area contributed by atoms with Crippen molar-refractivity contribution in [3.63, 3.8) is 0 Å². The zero-order chi connectivity index (χ0) is 40.1. The number of nitrogens with zero attached hydrogens (tertiary/aromatic N) is 4. The van der Waals surface area contributed by atoms with Crippen LogP contribution in [-0.2, 0) is 33.9 Å². The third-order valence-corrected chi connectivity index (χ3v) is 11.4. The minimum Gasteiger partial charge on any atom is -0.481 e. The zero-order valence-corrected chi connectivity index (χ0v) is 33.3. The first-order chi connectivity index (χ1) is 27.8. The molecule has 0 bridgehead atoms. The van der Waals surface area contributed by atoms with Crippen LogP contribution in [0, 0.1) is 0 Å². The average Bonchev–Trinajstić information content (AvgIpc) is 3.65. The number of fused-ring (bicyclic) bond motifs is 3. The molecule has 4 aromatic heterocycles. The number of ether oxygens (including phenoxy) is 1. The Morgan fingerprint density at radius 3 is 2.51 bits per heavy atom. The molecule has 300 valence electrons. The average molecular weight is 793 g/mol. The van der Waals surface area contributed by atoms with E-state index in [9.17, 15) is 14.4 Å². The van der Waals surface area contributed by atoms with E-state index in [0.29, 0.717) is 76.2 Å². The minimum absolute atomic E-state index is 0.156. The van der Waals surface area contributed by atoms with Crippen molar-refractivity contribution in [3.05, 3.63) is 96.1 Å². The third kappa shape index (κ3) is 10.5. The van der Waals surface area contributed by atoms with Crippen LogP contribution >= 0.6 is 11.8 Å². The number of carbonyl (C=O) groups is 3. The van der Waals surface area contributed by atoms with Crippen LogP contribution in [-0.4, -0.2) is 87.9 Å². The van der Waals surface area contributed by atoms with Crippen molar-refractivity contribution in [1.29, 1.82) is 0 Å². The van der Waals surface area contributed by atoms with Crippen LogP contribution in [0.4, 0.5) is 0 Å². The lowest BCUT2D eigenvalue weighted by Gasteiger charge is -2.32. The number of hydrogen-bond donors (Lipinski definition) is 6. The first kappa shape index (κ1) is 41.3. The Morgan fingerprint density at radius 2 is 1.68 bits per heavy atom. The predicted molar refractivity (Wildman–Crippen MR) is 221 cm³/mol. The summed E-state index contributed by atoms with van der Waals surface area (Å²) in [5, 5.41) is 11.4. The van der Waals surface area contributed by atoms with Crippen molar-refractivity contribution >= 4 is 40.4 Å². The van der Waals surface area contributed by atoms with Gasteiger partial charge in [-0.05, 0) is 99.0 Å². The number of aryl methyl sites for hydroxylation is 1. The van der Waals surface area contributed by atoms with Crippen LogP contribution in [0.2, 0.25) is 0 Å². The molecule has 8 N–H and O–H groups in total. The highest BCUT2D eigenvalue weighted by Crippen LogP contribution is 2.33. The molecule has 1 aliphatic rings. The van der Waals surface area contributed by atoms with E-state index < -0.39 is 18.1 Å². The monoisotopic (exact) mass is 792 g/mol. The number of aromatic amines is 1. The lowest BCUT2D eigenvalue weighted by Crippen LogP contribution is -2.56. The maximum absolute atomic E-state index is 14.5. The summed E-state index contributed by atoms with van der Waals surface area (Å²) < 4.78 is 5.37. The van der Waals surface area contributed by atoms with E-state index in [-0.39, 0.29) is 24.3 Å². The standard InChI is InChI=1S/C42H52N10O4S/c1-52-36(15-14-28-23-47-32-11-4-3-10-31(28)32)40(54)50-25-30-21-35(27-16-20-45-38(22-27)56-2)49-26-37(30)57-41-29(9-8-19-46-41)24-48-33(13-7-18-44)39(53)51-34(42(52)55)12-5-6-17-43/h3-4,8-11,16,19-23,26,33-34,36,47-48H,5-7,12-15,17-18,24-25,43-44H2,1-2H3,(H,50,54)(H,51,53)/t33-,34-,36-/m0/s1. The summed E-state index contributed by atoms with van der Waals surface area (Å²) in [5.41, 5.74) is 16.9. The molecule has 14 nitrogen and oxygen atoms in total. The van der Waals surface area contributed by atoms with Gasteiger partial charge in [0, 0.05) is 72.4 Å². The number of nitrogens with two attached hydrogens (primary N) is 2. The number of rotatable bonds is 12. The van der Waals surface area contributed by atoms with Gasteiger partial charge in [-0.2, -0.15) is 0 Å². The van der Waals surface area contributed by atoms with Crippen LogP contribution in [0.3, 0.4) is 0 Å². The summed E-state index contributed by atoms with van der Waals surface area (Å²) in [6.07, 6.45) is 10.8. The molecular formula is C42H52N10O4S. The van der Waals surface area contributed by atoms with Crippen LogP contribution in [0.25, 0.3) is 22.2 Å². The number of hydrogen-bond acceptors (Lipinski definition) is 11. The van der Waals surface area contributed by atoms with Gasteiger partial charge >= 0.3 is 0 Å². The number of nitrogens with one attached hydrogen (secondary N) is 4.